The summed E-state index contributed by atoms with van der Waals surface area (Å²) in [7, 11) is 1.98. The summed E-state index contributed by atoms with van der Waals surface area (Å²) in [6.45, 7) is 3.17. The molecule has 1 aliphatic rings. The maximum Gasteiger partial charge on any atom is 0.133 e. The maximum absolute atomic E-state index is 10.5. The third-order valence-corrected chi connectivity index (χ3v) is 3.90. The number of aryl methyl sites for hydroxylation is 1. The Morgan fingerprint density at radius 1 is 1.44 bits per heavy atom. The number of rotatable bonds is 4. The molecule has 3 N–H and O–H groups in total. The van der Waals surface area contributed by atoms with Crippen molar-refractivity contribution in [1.82, 2.24) is 4.98 Å². The van der Waals surface area contributed by atoms with Gasteiger partial charge in [-0.25, -0.2) is 4.98 Å². The molecule has 2 rings (SSSR count). The number of nitrogens with zero attached hydrogens (tertiary/aromatic N) is 2. The van der Waals surface area contributed by atoms with Gasteiger partial charge >= 0.3 is 0 Å². The van der Waals surface area contributed by atoms with E-state index in [0.717, 1.165) is 42.6 Å². The number of aromatic nitrogens is 1. The molecule has 0 spiro atoms. The first-order chi connectivity index (χ1) is 8.56. The molecule has 0 atom stereocenters. The Labute approximate surface area is 109 Å². The van der Waals surface area contributed by atoms with Crippen LogP contribution in [0.5, 0.6) is 0 Å². The SMILES string of the molecule is Cc1ccnc(N(C)CC2(O)CCCC2)c1CN. The first kappa shape index (κ1) is 13.3. The molecule has 18 heavy (non-hydrogen) atoms. The molecule has 1 saturated carbocycles. The van der Waals surface area contributed by atoms with Crippen molar-refractivity contribution in [3.05, 3.63) is 23.4 Å². The second-order valence-electron chi connectivity index (χ2n) is 5.42. The van der Waals surface area contributed by atoms with E-state index in [4.69, 9.17) is 5.73 Å². The van der Waals surface area contributed by atoms with E-state index in [1.165, 1.54) is 0 Å². The highest BCUT2D eigenvalue weighted by molar-refractivity contribution is 5.50. The van der Waals surface area contributed by atoms with Crippen LogP contribution in [0, 0.1) is 6.92 Å². The summed E-state index contributed by atoms with van der Waals surface area (Å²) in [5, 5.41) is 10.5. The van der Waals surface area contributed by atoms with Crippen molar-refractivity contribution in [2.75, 3.05) is 18.5 Å². The van der Waals surface area contributed by atoms with Crippen LogP contribution in [-0.2, 0) is 6.54 Å². The molecule has 0 amide bonds. The van der Waals surface area contributed by atoms with Gasteiger partial charge in [0.2, 0.25) is 0 Å². The summed E-state index contributed by atoms with van der Waals surface area (Å²) < 4.78 is 0. The summed E-state index contributed by atoms with van der Waals surface area (Å²) >= 11 is 0. The van der Waals surface area contributed by atoms with Gasteiger partial charge in [-0.1, -0.05) is 12.8 Å². The van der Waals surface area contributed by atoms with Crippen LogP contribution in [0.2, 0.25) is 0 Å². The molecule has 4 nitrogen and oxygen atoms in total. The molecule has 1 heterocycles. The van der Waals surface area contributed by atoms with E-state index in [1.54, 1.807) is 6.20 Å². The molecule has 0 saturated heterocycles. The molecule has 4 heteroatoms. The number of hydrogen-bond donors (Lipinski definition) is 2. The van der Waals surface area contributed by atoms with Crippen molar-refractivity contribution in [3.63, 3.8) is 0 Å². The van der Waals surface area contributed by atoms with Crippen molar-refractivity contribution < 1.29 is 5.11 Å². The quantitative estimate of drug-likeness (QED) is 0.850. The van der Waals surface area contributed by atoms with Crippen LogP contribution in [0.25, 0.3) is 0 Å². The summed E-state index contributed by atoms with van der Waals surface area (Å²) in [5.74, 6) is 0.901. The third kappa shape index (κ3) is 2.65. The molecule has 100 valence electrons. The summed E-state index contributed by atoms with van der Waals surface area (Å²) in [6, 6.07) is 1.98. The van der Waals surface area contributed by atoms with Gasteiger partial charge in [0.25, 0.3) is 0 Å². The average molecular weight is 249 g/mol. The van der Waals surface area contributed by atoms with Gasteiger partial charge in [0.05, 0.1) is 5.60 Å². The van der Waals surface area contributed by atoms with Crippen molar-refractivity contribution in [3.8, 4) is 0 Å². The summed E-state index contributed by atoms with van der Waals surface area (Å²) in [4.78, 5) is 6.46. The Kier molecular flexibility index (Phi) is 3.88. The zero-order valence-corrected chi connectivity index (χ0v) is 11.3. The highest BCUT2D eigenvalue weighted by atomic mass is 16.3. The van der Waals surface area contributed by atoms with E-state index in [-0.39, 0.29) is 0 Å². The average Bonchev–Trinajstić information content (AvgIpc) is 2.75. The molecule has 1 fully saturated rings. The fraction of sp³-hybridized carbons (Fsp3) is 0.643. The molecule has 0 aromatic carbocycles. The predicted molar refractivity (Wildman–Crippen MR) is 73.6 cm³/mol. The Morgan fingerprint density at radius 2 is 2.11 bits per heavy atom. The van der Waals surface area contributed by atoms with Gasteiger partial charge in [-0.05, 0) is 31.4 Å². The van der Waals surface area contributed by atoms with E-state index in [2.05, 4.69) is 4.98 Å². The zero-order chi connectivity index (χ0) is 13.2. The molecule has 0 radical (unpaired) electrons. The lowest BCUT2D eigenvalue weighted by Crippen LogP contribution is -2.40. The van der Waals surface area contributed by atoms with Crippen molar-refractivity contribution in [2.45, 2.75) is 44.8 Å². The minimum atomic E-state index is -0.550. The van der Waals surface area contributed by atoms with Crippen molar-refractivity contribution in [2.24, 2.45) is 5.73 Å². The Balaban J connectivity index is 2.18. The van der Waals surface area contributed by atoms with Crippen molar-refractivity contribution >= 4 is 5.82 Å². The van der Waals surface area contributed by atoms with Crippen LogP contribution >= 0.6 is 0 Å². The second kappa shape index (κ2) is 5.24. The fourth-order valence-electron chi connectivity index (χ4n) is 2.86. The van der Waals surface area contributed by atoms with Gasteiger partial charge in [-0.2, -0.15) is 0 Å². The molecular weight excluding hydrogens is 226 g/mol. The molecule has 0 unspecified atom stereocenters. The highest BCUT2D eigenvalue weighted by Crippen LogP contribution is 2.31. The lowest BCUT2D eigenvalue weighted by molar-refractivity contribution is 0.0557. The Morgan fingerprint density at radius 3 is 2.72 bits per heavy atom. The first-order valence-corrected chi connectivity index (χ1v) is 6.64. The van der Waals surface area contributed by atoms with Gasteiger partial charge in [-0.3, -0.25) is 0 Å². The maximum atomic E-state index is 10.5. The zero-order valence-electron chi connectivity index (χ0n) is 11.3. The topological polar surface area (TPSA) is 62.4 Å². The lowest BCUT2D eigenvalue weighted by atomic mass is 10.0. The van der Waals surface area contributed by atoms with Crippen LogP contribution in [0.3, 0.4) is 0 Å². The Hall–Kier alpha value is -1.13. The minimum absolute atomic E-state index is 0.484. The smallest absolute Gasteiger partial charge is 0.133 e. The molecule has 0 bridgehead atoms. The molecule has 1 aromatic rings. The third-order valence-electron chi connectivity index (χ3n) is 3.90. The van der Waals surface area contributed by atoms with Crippen LogP contribution in [0.1, 0.15) is 36.8 Å². The lowest BCUT2D eigenvalue weighted by Gasteiger charge is -2.30. The van der Waals surface area contributed by atoms with Gasteiger partial charge in [0, 0.05) is 31.9 Å². The number of anilines is 1. The standard InChI is InChI=1S/C14H23N3O/c1-11-5-8-16-13(12(11)9-15)17(2)10-14(18)6-3-4-7-14/h5,8,18H,3-4,6-7,9-10,15H2,1-2H3. The van der Waals surface area contributed by atoms with Gasteiger partial charge in [0.15, 0.2) is 0 Å². The normalized spacial score (nSPS) is 18.0. The van der Waals surface area contributed by atoms with E-state index in [1.807, 2.05) is 24.9 Å². The van der Waals surface area contributed by atoms with Gasteiger partial charge in [-0.15, -0.1) is 0 Å². The van der Waals surface area contributed by atoms with E-state index in [9.17, 15) is 5.11 Å². The van der Waals surface area contributed by atoms with Gasteiger partial charge in [0.1, 0.15) is 5.82 Å². The van der Waals surface area contributed by atoms with Crippen molar-refractivity contribution in [1.29, 1.82) is 0 Å². The summed E-state index contributed by atoms with van der Waals surface area (Å²) in [5.41, 5.74) is 7.48. The molecule has 1 aliphatic carbocycles. The van der Waals surface area contributed by atoms with E-state index >= 15 is 0 Å². The summed E-state index contributed by atoms with van der Waals surface area (Å²) in [6.07, 6.45) is 5.83. The largest absolute Gasteiger partial charge is 0.388 e. The number of nitrogens with two attached hydrogens (primary N) is 1. The van der Waals surface area contributed by atoms with E-state index < -0.39 is 5.60 Å². The highest BCUT2D eigenvalue weighted by Gasteiger charge is 2.32. The molecule has 1 aromatic heterocycles. The number of aliphatic hydroxyl groups is 1. The minimum Gasteiger partial charge on any atom is -0.388 e. The molecule has 0 aliphatic heterocycles. The fourth-order valence-corrected chi connectivity index (χ4v) is 2.86. The second-order valence-corrected chi connectivity index (χ2v) is 5.42. The first-order valence-electron chi connectivity index (χ1n) is 6.64. The Bertz CT molecular complexity index is 414. The van der Waals surface area contributed by atoms with E-state index in [0.29, 0.717) is 13.1 Å². The van der Waals surface area contributed by atoms with Crippen LogP contribution in [-0.4, -0.2) is 29.3 Å². The molecular formula is C14H23N3O. The monoisotopic (exact) mass is 249 g/mol. The van der Waals surface area contributed by atoms with Crippen LogP contribution < -0.4 is 10.6 Å². The predicted octanol–water partition coefficient (Wildman–Crippen LogP) is 1.59. The van der Waals surface area contributed by atoms with Crippen LogP contribution in [0.4, 0.5) is 5.82 Å². The number of pyridine rings is 1. The van der Waals surface area contributed by atoms with Crippen LogP contribution in [0.15, 0.2) is 12.3 Å². The van der Waals surface area contributed by atoms with Gasteiger partial charge < -0.3 is 15.7 Å². The number of likely N-dealkylation sites (N-methyl/N-ethyl adjacent to an activating group) is 1. The number of hydrogen-bond acceptors (Lipinski definition) is 4.